The summed E-state index contributed by atoms with van der Waals surface area (Å²) in [6, 6.07) is 0. The molecule has 0 unspecified atom stereocenters. The van der Waals surface area contributed by atoms with Crippen LogP contribution in [0.25, 0.3) is 0 Å². The van der Waals surface area contributed by atoms with Gasteiger partial charge in [0.1, 0.15) is 0 Å². The van der Waals surface area contributed by atoms with Crippen molar-refractivity contribution in [2.24, 2.45) is 0 Å². The van der Waals surface area contributed by atoms with E-state index in [4.69, 9.17) is 5.14 Å². The highest BCUT2D eigenvalue weighted by Crippen LogP contribution is 2.09. The Balaban J connectivity index is 3.84. The Labute approximate surface area is 119 Å². The highest BCUT2D eigenvalue weighted by atomic mass is 32.2. The number of hydrogen-bond acceptors (Lipinski definition) is 2. The van der Waals surface area contributed by atoms with Gasteiger partial charge in [-0.05, 0) is 12.8 Å². The van der Waals surface area contributed by atoms with E-state index in [1.807, 2.05) is 0 Å². The van der Waals surface area contributed by atoms with Crippen molar-refractivity contribution in [1.82, 2.24) is 9.44 Å². The van der Waals surface area contributed by atoms with Crippen molar-refractivity contribution in [2.75, 3.05) is 13.1 Å². The van der Waals surface area contributed by atoms with E-state index in [0.717, 1.165) is 25.7 Å². The lowest BCUT2D eigenvalue weighted by molar-refractivity contribution is 0.384. The third-order valence-corrected chi connectivity index (χ3v) is 4.41. The highest BCUT2D eigenvalue weighted by Gasteiger charge is 2.16. The third kappa shape index (κ3) is 11.4. The Morgan fingerprint density at radius 1 is 0.737 bits per heavy atom. The molecule has 0 heterocycles. The molecule has 115 valence electrons. The molecule has 0 amide bonds. The molecule has 5 heteroatoms. The Kier molecular flexibility index (Phi) is 11.6. The van der Waals surface area contributed by atoms with Crippen LogP contribution in [0.5, 0.6) is 0 Å². The van der Waals surface area contributed by atoms with Gasteiger partial charge in [0.25, 0.3) is 10.2 Å². The zero-order chi connectivity index (χ0) is 14.6. The molecule has 0 saturated heterocycles. The number of nitrogens with zero attached hydrogens (tertiary/aromatic N) is 1. The first-order chi connectivity index (χ1) is 9.02. The predicted octanol–water partition coefficient (Wildman–Crippen LogP) is 3.76. The minimum Gasteiger partial charge on any atom is -0.194 e. The molecule has 4 nitrogen and oxygen atoms in total. The van der Waals surface area contributed by atoms with Crippen LogP contribution in [0.1, 0.15) is 78.1 Å². The molecule has 1 N–H and O–H groups in total. The monoisotopic (exact) mass is 291 g/mol. The van der Waals surface area contributed by atoms with Crippen LogP contribution in [-0.4, -0.2) is 25.8 Å². The summed E-state index contributed by atoms with van der Waals surface area (Å²) < 4.78 is 24.1. The van der Waals surface area contributed by atoms with Gasteiger partial charge in [-0.2, -0.15) is 12.7 Å². The van der Waals surface area contributed by atoms with Gasteiger partial charge < -0.3 is 0 Å². The molecule has 0 aromatic rings. The third-order valence-electron chi connectivity index (χ3n) is 3.36. The first-order valence-electron chi connectivity index (χ1n) is 7.77. The molecule has 0 aromatic carbocycles. The van der Waals surface area contributed by atoms with Crippen LogP contribution in [0.3, 0.4) is 0 Å². The summed E-state index contributed by atoms with van der Waals surface area (Å²) in [5, 5.41) is 7.22. The Morgan fingerprint density at radius 2 is 1.11 bits per heavy atom. The number of nitrogens with one attached hydrogen (secondary N) is 1. The zero-order valence-corrected chi connectivity index (χ0v) is 13.5. The number of rotatable bonds is 13. The second kappa shape index (κ2) is 11.7. The van der Waals surface area contributed by atoms with Crippen molar-refractivity contribution in [1.29, 1.82) is 0 Å². The maximum absolute atomic E-state index is 11.4. The number of unbranched alkanes of at least 4 members (excludes halogenated alkanes) is 8. The lowest BCUT2D eigenvalue weighted by Crippen LogP contribution is -2.33. The van der Waals surface area contributed by atoms with Gasteiger partial charge in [-0.15, -0.1) is 5.14 Å². The lowest BCUT2D eigenvalue weighted by atomic mass is 10.1. The van der Waals surface area contributed by atoms with Crippen LogP contribution in [0, 0.1) is 0 Å². The highest BCUT2D eigenvalue weighted by molar-refractivity contribution is 7.86. The van der Waals surface area contributed by atoms with Crippen molar-refractivity contribution in [3.8, 4) is 0 Å². The van der Waals surface area contributed by atoms with Crippen LogP contribution in [-0.2, 0) is 10.2 Å². The summed E-state index contributed by atoms with van der Waals surface area (Å²) >= 11 is 0. The molecule has 0 rings (SSSR count). The lowest BCUT2D eigenvalue weighted by Gasteiger charge is -2.18. The summed E-state index contributed by atoms with van der Waals surface area (Å²) in [6.07, 6.45) is 11.0. The summed E-state index contributed by atoms with van der Waals surface area (Å²) in [4.78, 5) is 0. The van der Waals surface area contributed by atoms with Gasteiger partial charge in [-0.25, -0.2) is 0 Å². The van der Waals surface area contributed by atoms with Gasteiger partial charge in [0.05, 0.1) is 0 Å². The van der Waals surface area contributed by atoms with Crippen molar-refractivity contribution in [2.45, 2.75) is 78.1 Å². The van der Waals surface area contributed by atoms with Crippen LogP contribution in [0.4, 0.5) is 0 Å². The standard InChI is InChI=1S/C14H31N2O2S/c1-3-5-7-9-11-13-16(19(15,17)18)14-12-10-8-6-4-2/h15H,3-14H2,1-2H3. The smallest absolute Gasteiger partial charge is 0.194 e. The van der Waals surface area contributed by atoms with Crippen molar-refractivity contribution >= 4 is 10.2 Å². The topological polar surface area (TPSA) is 61.2 Å². The van der Waals surface area contributed by atoms with Crippen LogP contribution >= 0.6 is 0 Å². The first-order valence-corrected chi connectivity index (χ1v) is 9.21. The largest absolute Gasteiger partial charge is 0.293 e. The van der Waals surface area contributed by atoms with Crippen LogP contribution in [0.15, 0.2) is 0 Å². The molecule has 0 atom stereocenters. The maximum Gasteiger partial charge on any atom is 0.293 e. The average molecular weight is 291 g/mol. The van der Waals surface area contributed by atoms with E-state index in [9.17, 15) is 8.42 Å². The summed E-state index contributed by atoms with van der Waals surface area (Å²) in [5.41, 5.74) is 0. The van der Waals surface area contributed by atoms with E-state index in [1.165, 1.54) is 42.8 Å². The van der Waals surface area contributed by atoms with E-state index < -0.39 is 10.2 Å². The molecule has 0 aromatic heterocycles. The molecule has 0 saturated carbocycles. The fraction of sp³-hybridized carbons (Fsp3) is 1.00. The second-order valence-corrected chi connectivity index (χ2v) is 6.70. The van der Waals surface area contributed by atoms with Gasteiger partial charge >= 0.3 is 0 Å². The average Bonchev–Trinajstić information content (AvgIpc) is 2.34. The van der Waals surface area contributed by atoms with Gasteiger partial charge in [-0.3, -0.25) is 0 Å². The van der Waals surface area contributed by atoms with Gasteiger partial charge in [0.2, 0.25) is 0 Å². The van der Waals surface area contributed by atoms with Gasteiger partial charge in [-0.1, -0.05) is 65.2 Å². The molecule has 19 heavy (non-hydrogen) atoms. The van der Waals surface area contributed by atoms with E-state index in [-0.39, 0.29) is 0 Å². The quantitative estimate of drug-likeness (QED) is 0.485. The van der Waals surface area contributed by atoms with Crippen molar-refractivity contribution in [3.63, 3.8) is 0 Å². The van der Waals surface area contributed by atoms with Crippen molar-refractivity contribution < 1.29 is 8.42 Å². The summed E-state index contributed by atoms with van der Waals surface area (Å²) in [5.74, 6) is 0. The fourth-order valence-electron chi connectivity index (χ4n) is 2.14. The molecule has 0 spiro atoms. The molecular weight excluding hydrogens is 260 g/mol. The van der Waals surface area contributed by atoms with Gasteiger partial charge in [0.15, 0.2) is 0 Å². The molecule has 0 aliphatic heterocycles. The SMILES string of the molecule is CCCCCCCN(CCCCCCC)S([NH])(=O)=O. The van der Waals surface area contributed by atoms with Crippen LogP contribution < -0.4 is 5.14 Å². The van der Waals surface area contributed by atoms with E-state index in [2.05, 4.69) is 13.8 Å². The minimum atomic E-state index is -3.77. The Hall–Kier alpha value is -0.130. The number of hydrogen-bond donors (Lipinski definition) is 0. The summed E-state index contributed by atoms with van der Waals surface area (Å²) in [7, 11) is -3.77. The van der Waals surface area contributed by atoms with E-state index >= 15 is 0 Å². The minimum absolute atomic E-state index is 0.517. The van der Waals surface area contributed by atoms with Crippen molar-refractivity contribution in [3.05, 3.63) is 0 Å². The Morgan fingerprint density at radius 3 is 1.42 bits per heavy atom. The molecule has 0 fully saturated rings. The molecule has 1 radical (unpaired) electrons. The first kappa shape index (κ1) is 18.9. The summed E-state index contributed by atoms with van der Waals surface area (Å²) in [6.45, 7) is 5.36. The van der Waals surface area contributed by atoms with Gasteiger partial charge in [0, 0.05) is 13.1 Å². The molecular formula is C14H31N2O2S. The van der Waals surface area contributed by atoms with Crippen LogP contribution in [0.2, 0.25) is 0 Å². The normalized spacial score (nSPS) is 12.2. The fourth-order valence-corrected chi connectivity index (χ4v) is 2.87. The Bertz CT molecular complexity index is 278. The van der Waals surface area contributed by atoms with E-state index in [1.54, 1.807) is 0 Å². The predicted molar refractivity (Wildman–Crippen MR) is 81.1 cm³/mol. The van der Waals surface area contributed by atoms with E-state index in [0.29, 0.717) is 13.1 Å². The zero-order valence-electron chi connectivity index (χ0n) is 12.7. The maximum atomic E-state index is 11.4. The molecule has 0 bridgehead atoms. The molecule has 0 aliphatic carbocycles. The molecule has 0 aliphatic rings. The second-order valence-electron chi connectivity index (χ2n) is 5.23.